The van der Waals surface area contributed by atoms with Crippen LogP contribution in [0.1, 0.15) is 28.0 Å². The molecule has 1 unspecified atom stereocenters. The fourth-order valence-electron chi connectivity index (χ4n) is 2.92. The summed E-state index contributed by atoms with van der Waals surface area (Å²) in [7, 11) is 1.81. The Labute approximate surface area is 140 Å². The zero-order valence-electron chi connectivity index (χ0n) is 13.8. The van der Waals surface area contributed by atoms with Crippen LogP contribution in [-0.2, 0) is 18.4 Å². The number of benzene rings is 1. The molecule has 1 aromatic heterocycles. The Morgan fingerprint density at radius 3 is 2.67 bits per heavy atom. The summed E-state index contributed by atoms with van der Waals surface area (Å²) in [5.41, 5.74) is 7.89. The third-order valence-corrected chi connectivity index (χ3v) is 4.22. The SMILES string of the molecule is Cc1cc(N2CCC(NC(=O)c3ccc(CN)cc3)C2=O)n(C)n1. The average Bonchev–Trinajstić information content (AvgIpc) is 3.09. The van der Waals surface area contributed by atoms with Gasteiger partial charge in [-0.3, -0.25) is 19.2 Å². The van der Waals surface area contributed by atoms with Crippen molar-refractivity contribution in [1.82, 2.24) is 15.1 Å². The molecule has 1 saturated heterocycles. The van der Waals surface area contributed by atoms with E-state index in [1.165, 1.54) is 0 Å². The van der Waals surface area contributed by atoms with Crippen molar-refractivity contribution >= 4 is 17.6 Å². The van der Waals surface area contributed by atoms with Crippen molar-refractivity contribution in [1.29, 1.82) is 0 Å². The molecule has 1 fully saturated rings. The van der Waals surface area contributed by atoms with Crippen LogP contribution in [0.3, 0.4) is 0 Å². The van der Waals surface area contributed by atoms with Crippen molar-refractivity contribution < 1.29 is 9.59 Å². The predicted octanol–water partition coefficient (Wildman–Crippen LogP) is 0.723. The summed E-state index contributed by atoms with van der Waals surface area (Å²) >= 11 is 0. The predicted molar refractivity (Wildman–Crippen MR) is 90.5 cm³/mol. The molecule has 7 heteroatoms. The fraction of sp³-hybridized carbons (Fsp3) is 0.353. The van der Waals surface area contributed by atoms with Gasteiger partial charge in [0, 0.05) is 31.8 Å². The molecule has 1 aromatic carbocycles. The summed E-state index contributed by atoms with van der Waals surface area (Å²) in [6.45, 7) is 2.88. The van der Waals surface area contributed by atoms with Gasteiger partial charge in [0.15, 0.2) is 0 Å². The molecule has 0 radical (unpaired) electrons. The highest BCUT2D eigenvalue weighted by atomic mass is 16.2. The minimum atomic E-state index is -0.512. The molecule has 0 aliphatic carbocycles. The first-order valence-corrected chi connectivity index (χ1v) is 7.91. The summed E-state index contributed by atoms with van der Waals surface area (Å²) in [5.74, 6) is 0.395. The maximum atomic E-state index is 12.6. The van der Waals surface area contributed by atoms with Crippen LogP contribution in [0.25, 0.3) is 0 Å². The Morgan fingerprint density at radius 2 is 2.08 bits per heavy atom. The lowest BCUT2D eigenvalue weighted by Crippen LogP contribution is -2.41. The number of nitrogens with two attached hydrogens (primary N) is 1. The number of amides is 2. The van der Waals surface area contributed by atoms with Gasteiger partial charge < -0.3 is 11.1 Å². The number of aromatic nitrogens is 2. The minimum absolute atomic E-state index is 0.107. The van der Waals surface area contributed by atoms with E-state index in [1.807, 2.05) is 25.1 Å². The number of nitrogens with one attached hydrogen (secondary N) is 1. The molecule has 1 aliphatic heterocycles. The summed E-state index contributed by atoms with van der Waals surface area (Å²) in [6, 6.07) is 8.43. The van der Waals surface area contributed by atoms with Crippen molar-refractivity contribution in [3.8, 4) is 0 Å². The van der Waals surface area contributed by atoms with Crippen LogP contribution in [0, 0.1) is 6.92 Å². The first-order chi connectivity index (χ1) is 11.5. The standard InChI is InChI=1S/C17H21N5O2/c1-11-9-15(21(2)20-11)22-8-7-14(17(22)24)19-16(23)13-5-3-12(10-18)4-6-13/h3-6,9,14H,7-8,10,18H2,1-2H3,(H,19,23). The zero-order valence-corrected chi connectivity index (χ0v) is 13.8. The van der Waals surface area contributed by atoms with E-state index in [9.17, 15) is 9.59 Å². The highest BCUT2D eigenvalue weighted by molar-refractivity contribution is 6.03. The van der Waals surface area contributed by atoms with E-state index in [4.69, 9.17) is 5.73 Å². The number of carbonyl (C=O) groups excluding carboxylic acids is 2. The van der Waals surface area contributed by atoms with E-state index in [0.717, 1.165) is 17.1 Å². The van der Waals surface area contributed by atoms with Gasteiger partial charge in [0.1, 0.15) is 11.9 Å². The van der Waals surface area contributed by atoms with Crippen LogP contribution in [0.5, 0.6) is 0 Å². The number of hydrogen-bond donors (Lipinski definition) is 2. The van der Waals surface area contributed by atoms with Crippen LogP contribution >= 0.6 is 0 Å². The quantitative estimate of drug-likeness (QED) is 0.865. The van der Waals surface area contributed by atoms with Crippen molar-refractivity contribution in [2.75, 3.05) is 11.4 Å². The van der Waals surface area contributed by atoms with Gasteiger partial charge >= 0.3 is 0 Å². The second kappa shape index (κ2) is 6.45. The molecule has 3 rings (SSSR count). The second-order valence-electron chi connectivity index (χ2n) is 5.97. The molecule has 1 aliphatic rings. The number of nitrogens with zero attached hydrogens (tertiary/aromatic N) is 3. The van der Waals surface area contributed by atoms with E-state index >= 15 is 0 Å². The molecule has 3 N–H and O–H groups in total. The Bertz CT molecular complexity index is 766. The largest absolute Gasteiger partial charge is 0.340 e. The van der Waals surface area contributed by atoms with Gasteiger partial charge in [-0.1, -0.05) is 12.1 Å². The Hall–Kier alpha value is -2.67. The molecule has 126 valence electrons. The van der Waals surface area contributed by atoms with Crippen LogP contribution in [0.4, 0.5) is 5.82 Å². The Morgan fingerprint density at radius 1 is 1.38 bits per heavy atom. The van der Waals surface area contributed by atoms with Gasteiger partial charge in [-0.2, -0.15) is 5.10 Å². The second-order valence-corrected chi connectivity index (χ2v) is 5.97. The molecule has 2 amide bonds. The number of hydrogen-bond acceptors (Lipinski definition) is 4. The molecule has 0 saturated carbocycles. The van der Waals surface area contributed by atoms with Gasteiger partial charge in [-0.25, -0.2) is 0 Å². The van der Waals surface area contributed by atoms with Gasteiger partial charge in [-0.05, 0) is 31.0 Å². The van der Waals surface area contributed by atoms with Gasteiger partial charge in [0.25, 0.3) is 11.8 Å². The van der Waals surface area contributed by atoms with Crippen LogP contribution in [-0.4, -0.2) is 34.2 Å². The number of rotatable bonds is 4. The Kier molecular flexibility index (Phi) is 4.35. The molecule has 2 aromatic rings. The number of aryl methyl sites for hydroxylation is 2. The number of carbonyl (C=O) groups is 2. The lowest BCUT2D eigenvalue weighted by atomic mass is 10.1. The highest BCUT2D eigenvalue weighted by Crippen LogP contribution is 2.22. The van der Waals surface area contributed by atoms with E-state index in [0.29, 0.717) is 25.1 Å². The molecule has 24 heavy (non-hydrogen) atoms. The minimum Gasteiger partial charge on any atom is -0.340 e. The van der Waals surface area contributed by atoms with E-state index in [1.54, 1.807) is 28.8 Å². The average molecular weight is 327 g/mol. The zero-order chi connectivity index (χ0) is 17.3. The number of anilines is 1. The maximum Gasteiger partial charge on any atom is 0.251 e. The molecule has 0 bridgehead atoms. The molecule has 7 nitrogen and oxygen atoms in total. The van der Waals surface area contributed by atoms with Crippen LogP contribution < -0.4 is 16.0 Å². The normalized spacial score (nSPS) is 17.4. The van der Waals surface area contributed by atoms with E-state index < -0.39 is 6.04 Å². The van der Waals surface area contributed by atoms with Crippen molar-refractivity contribution in [2.24, 2.45) is 12.8 Å². The topological polar surface area (TPSA) is 93.3 Å². The Balaban J connectivity index is 1.69. The van der Waals surface area contributed by atoms with Gasteiger partial charge in [-0.15, -0.1) is 0 Å². The fourth-order valence-corrected chi connectivity index (χ4v) is 2.92. The summed E-state index contributed by atoms with van der Waals surface area (Å²) < 4.78 is 1.68. The van der Waals surface area contributed by atoms with E-state index in [2.05, 4.69) is 10.4 Å². The molecular weight excluding hydrogens is 306 g/mol. The van der Waals surface area contributed by atoms with Gasteiger partial charge in [0.05, 0.1) is 5.69 Å². The molecule has 0 spiro atoms. The lowest BCUT2D eigenvalue weighted by molar-refractivity contribution is -0.118. The smallest absolute Gasteiger partial charge is 0.251 e. The molecule has 2 heterocycles. The molecule has 1 atom stereocenters. The third-order valence-electron chi connectivity index (χ3n) is 4.22. The monoisotopic (exact) mass is 327 g/mol. The lowest BCUT2D eigenvalue weighted by Gasteiger charge is -2.17. The summed E-state index contributed by atoms with van der Waals surface area (Å²) in [4.78, 5) is 26.6. The van der Waals surface area contributed by atoms with Gasteiger partial charge in [0.2, 0.25) is 0 Å². The third kappa shape index (κ3) is 3.03. The maximum absolute atomic E-state index is 12.6. The first kappa shape index (κ1) is 16.2. The van der Waals surface area contributed by atoms with Crippen LogP contribution in [0.15, 0.2) is 30.3 Å². The first-order valence-electron chi connectivity index (χ1n) is 7.91. The summed E-state index contributed by atoms with van der Waals surface area (Å²) in [5, 5.41) is 7.08. The summed E-state index contributed by atoms with van der Waals surface area (Å²) in [6.07, 6.45) is 0.579. The molecular formula is C17H21N5O2. The van der Waals surface area contributed by atoms with Crippen molar-refractivity contribution in [3.63, 3.8) is 0 Å². The van der Waals surface area contributed by atoms with Crippen molar-refractivity contribution in [2.45, 2.75) is 25.9 Å². The van der Waals surface area contributed by atoms with E-state index in [-0.39, 0.29) is 11.8 Å². The van der Waals surface area contributed by atoms with Crippen LogP contribution in [0.2, 0.25) is 0 Å². The van der Waals surface area contributed by atoms with Crippen molar-refractivity contribution in [3.05, 3.63) is 47.2 Å². The highest BCUT2D eigenvalue weighted by Gasteiger charge is 2.35.